The van der Waals surface area contributed by atoms with Crippen LogP contribution in [0.5, 0.6) is 0 Å². The van der Waals surface area contributed by atoms with Crippen LogP contribution in [0.3, 0.4) is 0 Å². The van der Waals surface area contributed by atoms with Gasteiger partial charge < -0.3 is 4.74 Å². The lowest BCUT2D eigenvalue weighted by atomic mass is 9.72. The van der Waals surface area contributed by atoms with Gasteiger partial charge in [0.25, 0.3) is 10.0 Å². The number of rotatable bonds is 8. The van der Waals surface area contributed by atoms with E-state index in [0.717, 1.165) is 33.3 Å². The summed E-state index contributed by atoms with van der Waals surface area (Å²) in [6.45, 7) is 9.00. The van der Waals surface area contributed by atoms with E-state index in [0.29, 0.717) is 19.4 Å². The van der Waals surface area contributed by atoms with Crippen LogP contribution in [-0.2, 0) is 27.2 Å². The van der Waals surface area contributed by atoms with Crippen LogP contribution in [0.25, 0.3) is 16.6 Å². The molecule has 3 atom stereocenters. The number of hydrogen-bond donors (Lipinski definition) is 0. The predicted octanol–water partition coefficient (Wildman–Crippen LogP) is 5.03. The maximum atomic E-state index is 13.8. The van der Waals surface area contributed by atoms with Crippen LogP contribution in [0.15, 0.2) is 90.3 Å². The SMILES string of the molecule is C=C(/C=C\C=C/C)[C@@]1(OC)C[C@@H]2CN(S(=O)(=O)c3cnn(C)n3)C[C@]2(c2cc3cnn(-c4ccc(F)cc4)c3cc2C)C1. The highest BCUT2D eigenvalue weighted by atomic mass is 32.2. The van der Waals surface area contributed by atoms with Gasteiger partial charge in [0.2, 0.25) is 5.03 Å². The van der Waals surface area contributed by atoms with Crippen LogP contribution in [0.2, 0.25) is 0 Å². The van der Waals surface area contributed by atoms with Crippen LogP contribution in [0.4, 0.5) is 4.39 Å². The van der Waals surface area contributed by atoms with Crippen molar-refractivity contribution in [3.63, 3.8) is 0 Å². The molecule has 1 saturated carbocycles. The quantitative estimate of drug-likeness (QED) is 0.263. The molecule has 2 aromatic carbocycles. The number of methoxy groups -OCH3 is 1. The van der Waals surface area contributed by atoms with Crippen molar-refractivity contribution in [2.75, 3.05) is 20.2 Å². The van der Waals surface area contributed by atoms with E-state index in [4.69, 9.17) is 4.74 Å². The molecule has 0 N–H and O–H groups in total. The lowest BCUT2D eigenvalue weighted by molar-refractivity contribution is 0.0216. The normalized spacial score (nSPS) is 24.5. The summed E-state index contributed by atoms with van der Waals surface area (Å²) in [6.07, 6.45) is 12.1. The first-order valence-corrected chi connectivity index (χ1v) is 15.6. The van der Waals surface area contributed by atoms with Crippen LogP contribution in [-0.4, -0.2) is 63.3 Å². The highest BCUT2D eigenvalue weighted by Gasteiger charge is 2.62. The third-order valence-corrected chi connectivity index (χ3v) is 10.8. The van der Waals surface area contributed by atoms with Crippen LogP contribution >= 0.6 is 0 Å². The average Bonchev–Trinajstić information content (AvgIpc) is 3.75. The number of aryl methyl sites for hydroxylation is 2. The minimum Gasteiger partial charge on any atom is -0.374 e. The zero-order valence-corrected chi connectivity index (χ0v) is 25.6. The Bertz CT molecular complexity index is 1880. The largest absolute Gasteiger partial charge is 0.374 e. The van der Waals surface area contributed by atoms with Gasteiger partial charge in [0.15, 0.2) is 0 Å². The molecule has 1 saturated heterocycles. The number of aromatic nitrogens is 5. The first-order chi connectivity index (χ1) is 20.5. The van der Waals surface area contributed by atoms with E-state index in [2.05, 4.69) is 40.9 Å². The van der Waals surface area contributed by atoms with Gasteiger partial charge in [-0.15, -0.1) is 5.10 Å². The molecule has 1 aliphatic carbocycles. The summed E-state index contributed by atoms with van der Waals surface area (Å²) in [5.41, 5.74) is 3.35. The molecule has 2 aliphatic rings. The summed E-state index contributed by atoms with van der Waals surface area (Å²) < 4.78 is 50.8. The van der Waals surface area contributed by atoms with E-state index >= 15 is 0 Å². The minimum absolute atomic E-state index is 0.0472. The van der Waals surface area contributed by atoms with Gasteiger partial charge in [0, 0.05) is 38.0 Å². The highest BCUT2D eigenvalue weighted by Crippen LogP contribution is 2.59. The maximum absolute atomic E-state index is 13.8. The highest BCUT2D eigenvalue weighted by molar-refractivity contribution is 7.89. The Morgan fingerprint density at radius 3 is 2.60 bits per heavy atom. The molecular weight excluding hydrogens is 567 g/mol. The second-order valence-electron chi connectivity index (χ2n) is 11.6. The number of sulfonamides is 1. The fraction of sp³-hybridized carbons (Fsp3) is 0.344. The Morgan fingerprint density at radius 2 is 1.93 bits per heavy atom. The fourth-order valence-corrected chi connectivity index (χ4v) is 8.44. The van der Waals surface area contributed by atoms with Gasteiger partial charge in [0.05, 0.1) is 29.2 Å². The second kappa shape index (κ2) is 10.7. The smallest absolute Gasteiger partial charge is 0.264 e. The lowest BCUT2D eigenvalue weighted by Gasteiger charge is -2.35. The number of nitrogens with zero attached hydrogens (tertiary/aromatic N) is 6. The number of ether oxygens (including phenoxy) is 1. The number of benzene rings is 2. The van der Waals surface area contributed by atoms with Crippen molar-refractivity contribution in [1.82, 2.24) is 29.1 Å². The van der Waals surface area contributed by atoms with Crippen molar-refractivity contribution >= 4 is 20.9 Å². The molecule has 0 unspecified atom stereocenters. The molecule has 3 heterocycles. The fourth-order valence-electron chi connectivity index (χ4n) is 7.00. The van der Waals surface area contributed by atoms with Gasteiger partial charge in [0.1, 0.15) is 5.82 Å². The molecule has 11 heteroatoms. The molecule has 6 rings (SSSR count). The molecular formula is C32H35FN6O3S. The molecule has 9 nitrogen and oxygen atoms in total. The van der Waals surface area contributed by atoms with E-state index in [-0.39, 0.29) is 23.3 Å². The number of allylic oxidation sites excluding steroid dienone is 3. The van der Waals surface area contributed by atoms with Crippen molar-refractivity contribution in [3.05, 3.63) is 102 Å². The summed E-state index contributed by atoms with van der Waals surface area (Å²) in [4.78, 5) is 1.26. The summed E-state index contributed by atoms with van der Waals surface area (Å²) in [6, 6.07) is 10.4. The van der Waals surface area contributed by atoms with E-state index in [1.54, 1.807) is 41.5 Å². The molecule has 1 aliphatic heterocycles. The minimum atomic E-state index is -3.87. The summed E-state index contributed by atoms with van der Waals surface area (Å²) in [7, 11) is -0.564. The molecule has 0 radical (unpaired) electrons. The third kappa shape index (κ3) is 4.75. The van der Waals surface area contributed by atoms with Crippen LogP contribution < -0.4 is 0 Å². The van der Waals surface area contributed by atoms with Crippen LogP contribution in [0, 0.1) is 18.7 Å². The first kappa shape index (κ1) is 29.2. The first-order valence-electron chi connectivity index (χ1n) is 14.2. The monoisotopic (exact) mass is 602 g/mol. The number of hydrogen-bond acceptors (Lipinski definition) is 6. The molecule has 0 bridgehead atoms. The topological polar surface area (TPSA) is 95.1 Å². The van der Waals surface area contributed by atoms with Crippen LogP contribution in [0.1, 0.15) is 30.9 Å². The Morgan fingerprint density at radius 1 is 1.16 bits per heavy atom. The molecule has 2 fully saturated rings. The summed E-state index contributed by atoms with van der Waals surface area (Å²) in [5.74, 6) is -0.356. The van der Waals surface area contributed by atoms with Gasteiger partial charge in [-0.3, -0.25) is 0 Å². The predicted molar refractivity (Wildman–Crippen MR) is 163 cm³/mol. The zero-order chi connectivity index (χ0) is 30.6. The average molecular weight is 603 g/mol. The Labute approximate surface area is 251 Å². The molecule has 0 spiro atoms. The Balaban J connectivity index is 1.47. The second-order valence-corrected chi connectivity index (χ2v) is 13.5. The third-order valence-electron chi connectivity index (χ3n) is 9.12. The van der Waals surface area contributed by atoms with Gasteiger partial charge in [-0.1, -0.05) is 30.9 Å². The van der Waals surface area contributed by atoms with Crippen molar-refractivity contribution < 1.29 is 17.5 Å². The molecule has 4 aromatic rings. The zero-order valence-electron chi connectivity index (χ0n) is 24.7. The maximum Gasteiger partial charge on any atom is 0.264 e. The molecule has 2 aromatic heterocycles. The number of fused-ring (bicyclic) bond motifs is 2. The van der Waals surface area contributed by atoms with Gasteiger partial charge in [-0.25, -0.2) is 17.5 Å². The number of halogens is 1. The van der Waals surface area contributed by atoms with E-state index in [1.165, 1.54) is 23.1 Å². The Hall–Kier alpha value is -3.93. The lowest BCUT2D eigenvalue weighted by Crippen LogP contribution is -2.40. The van der Waals surface area contributed by atoms with E-state index in [1.807, 2.05) is 31.2 Å². The van der Waals surface area contributed by atoms with Gasteiger partial charge in [-0.2, -0.15) is 19.3 Å². The Kier molecular flexibility index (Phi) is 7.22. The standard InChI is InChI=1S/C32H35FN6O3S/c1-6-7-8-9-23(3)32(42-5)16-25-19-38(43(40,41)30-18-34-37(4)36-30)21-31(25,20-32)28-15-24-17-35-39(29(24)14-22(28)2)27-12-10-26(33)11-13-27/h6-15,17-18,25H,3,16,19-21H2,1-2,4-5H3/b7-6-,9-8-/t25-,31-,32-/m1/s1. The van der Waals surface area contributed by atoms with Crippen molar-refractivity contribution in [2.45, 2.75) is 42.7 Å². The van der Waals surface area contributed by atoms with Gasteiger partial charge >= 0.3 is 0 Å². The van der Waals surface area contributed by atoms with Crippen molar-refractivity contribution in [3.8, 4) is 5.69 Å². The summed E-state index contributed by atoms with van der Waals surface area (Å²) in [5, 5.41) is 13.6. The van der Waals surface area contributed by atoms with E-state index in [9.17, 15) is 12.8 Å². The molecule has 224 valence electrons. The summed E-state index contributed by atoms with van der Waals surface area (Å²) >= 11 is 0. The van der Waals surface area contributed by atoms with E-state index < -0.39 is 21.0 Å². The van der Waals surface area contributed by atoms with Crippen molar-refractivity contribution in [2.24, 2.45) is 13.0 Å². The van der Waals surface area contributed by atoms with Gasteiger partial charge in [-0.05, 0) is 85.7 Å². The molecule has 43 heavy (non-hydrogen) atoms. The molecule has 0 amide bonds. The van der Waals surface area contributed by atoms with Crippen molar-refractivity contribution in [1.29, 1.82) is 0 Å².